The summed E-state index contributed by atoms with van der Waals surface area (Å²) in [5.74, 6) is 1.76. The van der Waals surface area contributed by atoms with Gasteiger partial charge in [0, 0.05) is 13.0 Å². The number of allylic oxidation sites excluding steroid dienone is 2. The number of fused-ring (bicyclic) bond motifs is 7. The molecule has 0 aromatic rings. The zero-order valence-corrected chi connectivity index (χ0v) is 35.6. The zero-order valence-electron chi connectivity index (χ0n) is 35.6. The molecule has 0 radical (unpaired) electrons. The number of aliphatic hydroxyl groups is 2. The first kappa shape index (κ1) is 43.2. The number of unbranched alkanes of at least 4 members (excludes halogenated alkanes) is 4. The summed E-state index contributed by atoms with van der Waals surface area (Å²) in [4.78, 5) is 38.2. The van der Waals surface area contributed by atoms with Gasteiger partial charge < -0.3 is 26.0 Å². The summed E-state index contributed by atoms with van der Waals surface area (Å²) >= 11 is 0. The van der Waals surface area contributed by atoms with E-state index in [0.717, 1.165) is 77.0 Å². The monoisotopic (exact) mass is 755 g/mol. The van der Waals surface area contributed by atoms with Crippen LogP contribution in [0.4, 0.5) is 0 Å². The largest absolute Gasteiger partial charge is 0.481 e. The summed E-state index contributed by atoms with van der Waals surface area (Å²) in [5, 5.41) is 36.8. The van der Waals surface area contributed by atoms with Gasteiger partial charge in [-0.3, -0.25) is 14.4 Å². The molecule has 5 rings (SSSR count). The molecule has 0 spiro atoms. The lowest BCUT2D eigenvalue weighted by molar-refractivity contribution is -0.204. The normalized spacial score (nSPS) is 39.5. The maximum absolute atomic E-state index is 14.5. The summed E-state index contributed by atoms with van der Waals surface area (Å²) in [5.41, 5.74) is 1.69. The molecular formula is C46H78N2O6. The Morgan fingerprint density at radius 2 is 1.56 bits per heavy atom. The van der Waals surface area contributed by atoms with E-state index in [1.807, 2.05) is 13.8 Å². The molecule has 54 heavy (non-hydrogen) atoms. The van der Waals surface area contributed by atoms with Gasteiger partial charge in [0.05, 0.1) is 30.1 Å². The SMILES string of the molecule is CC(C)C[C@H](NC(=O)CCCCCCCNC(=O)[C@]12CC[C@@H](C)[C@H](C)[C@H]1C1=CC[C@@H]3[C@@]4(C)CC[C@H](O)C(C)(C)[C@@H]4CC[C@@]3(C)[C@]1(C)CC2)[C@H](O)CC(=O)O. The van der Waals surface area contributed by atoms with Crippen LogP contribution < -0.4 is 10.6 Å². The molecule has 308 valence electrons. The van der Waals surface area contributed by atoms with Crippen molar-refractivity contribution in [2.24, 2.45) is 62.6 Å². The number of rotatable bonds is 15. The van der Waals surface area contributed by atoms with Crippen LogP contribution in [0, 0.1) is 62.6 Å². The number of hydrogen-bond donors (Lipinski definition) is 5. The molecule has 0 aromatic carbocycles. The molecule has 8 heteroatoms. The smallest absolute Gasteiger partial charge is 0.306 e. The van der Waals surface area contributed by atoms with E-state index >= 15 is 0 Å². The fourth-order valence-corrected chi connectivity index (χ4v) is 13.6. The Morgan fingerprint density at radius 1 is 0.870 bits per heavy atom. The average Bonchev–Trinajstić information content (AvgIpc) is 3.08. The predicted molar refractivity (Wildman–Crippen MR) is 215 cm³/mol. The Bertz CT molecular complexity index is 1390. The number of aliphatic hydroxyl groups excluding tert-OH is 2. The Balaban J connectivity index is 1.17. The molecule has 2 amide bonds. The fourth-order valence-electron chi connectivity index (χ4n) is 13.6. The Morgan fingerprint density at radius 3 is 2.24 bits per heavy atom. The molecule has 5 aliphatic rings. The van der Waals surface area contributed by atoms with E-state index in [9.17, 15) is 24.6 Å². The molecule has 0 heterocycles. The van der Waals surface area contributed by atoms with Crippen molar-refractivity contribution in [1.29, 1.82) is 0 Å². The Labute approximate surface area is 327 Å². The second-order valence-electron chi connectivity index (χ2n) is 20.9. The summed E-state index contributed by atoms with van der Waals surface area (Å²) in [6, 6.07) is -0.553. The Kier molecular flexibility index (Phi) is 13.2. The van der Waals surface area contributed by atoms with Gasteiger partial charge in [-0.05, 0) is 134 Å². The molecule has 0 aromatic heterocycles. The maximum Gasteiger partial charge on any atom is 0.306 e. The van der Waals surface area contributed by atoms with Gasteiger partial charge in [0.15, 0.2) is 0 Å². The molecule has 0 saturated heterocycles. The van der Waals surface area contributed by atoms with Gasteiger partial charge in [0.1, 0.15) is 0 Å². The first-order valence-electron chi connectivity index (χ1n) is 22.1. The molecule has 4 fully saturated rings. The standard InChI is InChI=1S/C46H78N2O6/c1-29(2)27-33(34(49)28-39(52)53)48-38(51)15-13-11-10-12-14-26-47-41(54)46-23-18-30(3)31(4)40(46)32-16-17-36-43(7)21-20-37(50)42(5,6)35(43)19-22-45(36,9)44(32,8)24-25-46/h16,29-31,33-37,40,49-50H,10-15,17-28H2,1-9H3,(H,47,54)(H,48,51)(H,52,53)/t30-,31+,33+,34-,35+,36-,37+,40+,43+,44-,45-,46+/m1/s1. The number of carbonyl (C=O) groups excluding carboxylic acids is 2. The van der Waals surface area contributed by atoms with Crippen molar-refractivity contribution in [2.45, 2.75) is 190 Å². The summed E-state index contributed by atoms with van der Waals surface area (Å²) in [6.07, 6.45) is 16.1. The van der Waals surface area contributed by atoms with Crippen molar-refractivity contribution in [3.63, 3.8) is 0 Å². The number of carboxylic acid groups (broad SMARTS) is 1. The molecule has 0 unspecified atom stereocenters. The highest BCUT2D eigenvalue weighted by molar-refractivity contribution is 5.84. The summed E-state index contributed by atoms with van der Waals surface area (Å²) < 4.78 is 0. The van der Waals surface area contributed by atoms with Crippen LogP contribution in [0.5, 0.6) is 0 Å². The maximum atomic E-state index is 14.5. The molecule has 0 bridgehead atoms. The van der Waals surface area contributed by atoms with Crippen LogP contribution in [0.2, 0.25) is 0 Å². The van der Waals surface area contributed by atoms with E-state index in [2.05, 4.69) is 65.2 Å². The van der Waals surface area contributed by atoms with Gasteiger partial charge in [0.25, 0.3) is 0 Å². The second kappa shape index (κ2) is 16.5. The van der Waals surface area contributed by atoms with E-state index in [1.54, 1.807) is 5.57 Å². The van der Waals surface area contributed by atoms with E-state index < -0.39 is 18.1 Å². The highest BCUT2D eigenvalue weighted by atomic mass is 16.4. The van der Waals surface area contributed by atoms with Gasteiger partial charge in [0.2, 0.25) is 11.8 Å². The second-order valence-corrected chi connectivity index (χ2v) is 20.9. The predicted octanol–water partition coefficient (Wildman–Crippen LogP) is 8.83. The minimum absolute atomic E-state index is 0.0587. The number of hydrogen-bond acceptors (Lipinski definition) is 5. The van der Waals surface area contributed by atoms with Gasteiger partial charge in [-0.2, -0.15) is 0 Å². The number of aliphatic carboxylic acids is 1. The van der Waals surface area contributed by atoms with Crippen LogP contribution in [0.25, 0.3) is 0 Å². The molecule has 4 saturated carbocycles. The van der Waals surface area contributed by atoms with Gasteiger partial charge in [-0.1, -0.05) is 93.2 Å². The van der Waals surface area contributed by atoms with E-state index in [1.165, 1.54) is 12.8 Å². The van der Waals surface area contributed by atoms with Crippen molar-refractivity contribution in [1.82, 2.24) is 10.6 Å². The van der Waals surface area contributed by atoms with Crippen molar-refractivity contribution in [3.8, 4) is 0 Å². The highest BCUT2D eigenvalue weighted by Gasteiger charge is 2.69. The lowest BCUT2D eigenvalue weighted by Gasteiger charge is -2.71. The number of carbonyl (C=O) groups is 3. The van der Waals surface area contributed by atoms with Crippen molar-refractivity contribution >= 4 is 17.8 Å². The van der Waals surface area contributed by atoms with Gasteiger partial charge >= 0.3 is 5.97 Å². The Hall–Kier alpha value is -1.93. The lowest BCUT2D eigenvalue weighted by Crippen LogP contribution is -2.66. The molecule has 0 aliphatic heterocycles. The van der Waals surface area contributed by atoms with Crippen molar-refractivity contribution in [3.05, 3.63) is 11.6 Å². The van der Waals surface area contributed by atoms with Crippen LogP contribution in [-0.2, 0) is 14.4 Å². The first-order valence-corrected chi connectivity index (χ1v) is 22.1. The van der Waals surface area contributed by atoms with Crippen LogP contribution in [0.1, 0.15) is 171 Å². The number of carboxylic acids is 1. The van der Waals surface area contributed by atoms with Crippen molar-refractivity contribution < 1.29 is 29.7 Å². The third-order valence-electron chi connectivity index (χ3n) is 17.2. The molecule has 5 aliphatic carbocycles. The van der Waals surface area contributed by atoms with Crippen molar-refractivity contribution in [2.75, 3.05) is 6.54 Å². The highest BCUT2D eigenvalue weighted by Crippen LogP contribution is 2.75. The lowest BCUT2D eigenvalue weighted by atomic mass is 9.33. The molecule has 5 N–H and O–H groups in total. The van der Waals surface area contributed by atoms with Gasteiger partial charge in [-0.25, -0.2) is 0 Å². The average molecular weight is 755 g/mol. The molecule has 8 nitrogen and oxygen atoms in total. The van der Waals surface area contributed by atoms with Gasteiger partial charge in [-0.15, -0.1) is 0 Å². The molecule has 12 atom stereocenters. The van der Waals surface area contributed by atoms with Crippen LogP contribution >= 0.6 is 0 Å². The number of amides is 2. The minimum atomic E-state index is -1.10. The van der Waals surface area contributed by atoms with E-state index in [4.69, 9.17) is 5.11 Å². The quantitative estimate of drug-likeness (QED) is 0.0838. The van der Waals surface area contributed by atoms with Crippen LogP contribution in [0.3, 0.4) is 0 Å². The zero-order chi connectivity index (χ0) is 39.9. The first-order chi connectivity index (χ1) is 25.2. The number of nitrogens with one attached hydrogen (secondary N) is 2. The fraction of sp³-hybridized carbons (Fsp3) is 0.891. The molecular weight excluding hydrogens is 677 g/mol. The third-order valence-corrected chi connectivity index (χ3v) is 17.2. The summed E-state index contributed by atoms with van der Waals surface area (Å²) in [7, 11) is 0. The van der Waals surface area contributed by atoms with E-state index in [0.29, 0.717) is 43.1 Å². The topological polar surface area (TPSA) is 136 Å². The minimum Gasteiger partial charge on any atom is -0.481 e. The van der Waals surface area contributed by atoms with Crippen LogP contribution in [0.15, 0.2) is 11.6 Å². The summed E-state index contributed by atoms with van der Waals surface area (Å²) in [6.45, 7) is 21.9. The van der Waals surface area contributed by atoms with Crippen LogP contribution in [-0.4, -0.2) is 57.9 Å². The third kappa shape index (κ3) is 7.83. The van der Waals surface area contributed by atoms with E-state index in [-0.39, 0.29) is 63.2 Å².